The van der Waals surface area contributed by atoms with Crippen molar-refractivity contribution >= 4 is 11.8 Å². The second-order valence-corrected chi connectivity index (χ2v) is 8.05. The molecule has 1 saturated carbocycles. The average molecular weight is 386 g/mol. The van der Waals surface area contributed by atoms with Gasteiger partial charge in [0.05, 0.1) is 0 Å². The number of nitrogens with zero attached hydrogens (tertiary/aromatic N) is 1. The summed E-state index contributed by atoms with van der Waals surface area (Å²) < 4.78 is 0. The van der Waals surface area contributed by atoms with Crippen LogP contribution in [0.1, 0.15) is 30.4 Å². The van der Waals surface area contributed by atoms with Crippen molar-refractivity contribution in [2.75, 3.05) is 19.6 Å². The second kappa shape index (κ2) is 8.53. The summed E-state index contributed by atoms with van der Waals surface area (Å²) >= 11 is 0. The maximum atomic E-state index is 12.5. The molecule has 1 aliphatic heterocycles. The van der Waals surface area contributed by atoms with Gasteiger partial charge in [0.15, 0.2) is 0 Å². The first-order valence-corrected chi connectivity index (χ1v) is 10.3. The van der Waals surface area contributed by atoms with Crippen LogP contribution < -0.4 is 5.32 Å². The van der Waals surface area contributed by atoms with Crippen molar-refractivity contribution in [1.29, 1.82) is 0 Å². The highest BCUT2D eigenvalue weighted by atomic mass is 16.2. The van der Waals surface area contributed by atoms with E-state index in [1.165, 1.54) is 5.56 Å². The molecule has 1 saturated heterocycles. The molecule has 4 nitrogen and oxygen atoms in total. The molecule has 2 amide bonds. The van der Waals surface area contributed by atoms with E-state index in [0.29, 0.717) is 19.6 Å². The molecule has 1 N–H and O–H groups in total. The van der Waals surface area contributed by atoms with Crippen molar-refractivity contribution in [3.05, 3.63) is 71.8 Å². The zero-order valence-corrected chi connectivity index (χ0v) is 16.6. The van der Waals surface area contributed by atoms with Crippen LogP contribution in [0.4, 0.5) is 0 Å². The van der Waals surface area contributed by atoms with Gasteiger partial charge in [0.2, 0.25) is 5.91 Å². The molecule has 1 spiro atoms. The van der Waals surface area contributed by atoms with Gasteiger partial charge in [0.25, 0.3) is 5.91 Å². The Hall–Kier alpha value is -3.06. The molecule has 1 heterocycles. The smallest absolute Gasteiger partial charge is 0.298 e. The van der Waals surface area contributed by atoms with Crippen LogP contribution in [0.2, 0.25) is 0 Å². The number of likely N-dealkylation sites (tertiary alicyclic amines) is 1. The summed E-state index contributed by atoms with van der Waals surface area (Å²) in [5.74, 6) is 5.84. The fourth-order valence-electron chi connectivity index (χ4n) is 4.25. The number of rotatable bonds is 4. The molecule has 4 rings (SSSR count). The molecular weight excluding hydrogens is 360 g/mol. The topological polar surface area (TPSA) is 49.4 Å². The van der Waals surface area contributed by atoms with Crippen LogP contribution >= 0.6 is 0 Å². The summed E-state index contributed by atoms with van der Waals surface area (Å²) in [5.41, 5.74) is 2.19. The third-order valence-electron chi connectivity index (χ3n) is 6.20. The SMILES string of the molecule is O=C(NCCc1ccccc1)C1CC12CCN(C(=O)C#Cc1ccccc1)CC2. The summed E-state index contributed by atoms with van der Waals surface area (Å²) in [4.78, 5) is 26.7. The average Bonchev–Trinajstić information content (AvgIpc) is 3.47. The summed E-state index contributed by atoms with van der Waals surface area (Å²) in [6.07, 6.45) is 3.58. The minimum Gasteiger partial charge on any atom is -0.356 e. The fraction of sp³-hybridized carbons (Fsp3) is 0.360. The minimum atomic E-state index is -0.117. The highest BCUT2D eigenvalue weighted by Gasteiger charge is 2.58. The number of carbonyl (C=O) groups is 2. The first kappa shape index (κ1) is 19.3. The van der Waals surface area contributed by atoms with E-state index in [1.54, 1.807) is 0 Å². The highest BCUT2D eigenvalue weighted by molar-refractivity contribution is 5.94. The van der Waals surface area contributed by atoms with Crippen molar-refractivity contribution in [3.8, 4) is 11.8 Å². The predicted molar refractivity (Wildman–Crippen MR) is 113 cm³/mol. The van der Waals surface area contributed by atoms with Crippen LogP contribution in [0.5, 0.6) is 0 Å². The van der Waals surface area contributed by atoms with Crippen LogP contribution in [0.25, 0.3) is 0 Å². The Morgan fingerprint density at radius 3 is 2.34 bits per heavy atom. The zero-order valence-electron chi connectivity index (χ0n) is 16.6. The molecule has 1 unspecified atom stereocenters. The van der Waals surface area contributed by atoms with Gasteiger partial charge >= 0.3 is 0 Å². The molecule has 0 radical (unpaired) electrons. The lowest BCUT2D eigenvalue weighted by atomic mass is 9.90. The molecule has 4 heteroatoms. The highest BCUT2D eigenvalue weighted by Crippen LogP contribution is 2.59. The largest absolute Gasteiger partial charge is 0.356 e. The van der Waals surface area contributed by atoms with E-state index in [1.807, 2.05) is 53.4 Å². The molecule has 1 atom stereocenters. The maximum absolute atomic E-state index is 12.5. The van der Waals surface area contributed by atoms with E-state index < -0.39 is 0 Å². The van der Waals surface area contributed by atoms with Gasteiger partial charge in [-0.15, -0.1) is 0 Å². The standard InChI is InChI=1S/C25H26N2O2/c28-23(12-11-20-7-3-1-4-8-20)27-17-14-25(15-18-27)19-22(25)24(29)26-16-13-21-9-5-2-6-10-21/h1-10,22H,13-19H2,(H,26,29). The molecule has 2 aromatic carbocycles. The van der Waals surface area contributed by atoms with E-state index >= 15 is 0 Å². The van der Waals surface area contributed by atoms with Gasteiger partial charge in [-0.2, -0.15) is 0 Å². The molecule has 2 fully saturated rings. The Morgan fingerprint density at radius 1 is 1.00 bits per heavy atom. The molecule has 2 aliphatic rings. The number of carbonyl (C=O) groups excluding carboxylic acids is 2. The molecule has 0 aromatic heterocycles. The van der Waals surface area contributed by atoms with Crippen LogP contribution in [0.3, 0.4) is 0 Å². The minimum absolute atomic E-state index is 0.0977. The third-order valence-corrected chi connectivity index (χ3v) is 6.20. The molecule has 148 valence electrons. The van der Waals surface area contributed by atoms with Crippen molar-refractivity contribution in [2.24, 2.45) is 11.3 Å². The number of amides is 2. The Kier molecular flexibility index (Phi) is 5.67. The monoisotopic (exact) mass is 386 g/mol. The van der Waals surface area contributed by atoms with Crippen molar-refractivity contribution in [1.82, 2.24) is 10.2 Å². The lowest BCUT2D eigenvalue weighted by molar-refractivity contribution is -0.127. The number of nitrogens with one attached hydrogen (secondary N) is 1. The van der Waals surface area contributed by atoms with Crippen molar-refractivity contribution in [2.45, 2.75) is 25.7 Å². The molecular formula is C25H26N2O2. The van der Waals surface area contributed by atoms with Gasteiger partial charge in [0.1, 0.15) is 0 Å². The van der Waals surface area contributed by atoms with Crippen LogP contribution in [0, 0.1) is 23.2 Å². The predicted octanol–water partition coefficient (Wildman–Crippen LogP) is 3.03. The van der Waals surface area contributed by atoms with Gasteiger partial charge < -0.3 is 10.2 Å². The third kappa shape index (κ3) is 4.68. The van der Waals surface area contributed by atoms with E-state index in [2.05, 4.69) is 29.3 Å². The molecule has 29 heavy (non-hydrogen) atoms. The molecule has 0 bridgehead atoms. The van der Waals surface area contributed by atoms with Gasteiger partial charge in [-0.3, -0.25) is 9.59 Å². The van der Waals surface area contributed by atoms with Crippen molar-refractivity contribution in [3.63, 3.8) is 0 Å². The Balaban J connectivity index is 1.22. The summed E-state index contributed by atoms with van der Waals surface area (Å²) in [7, 11) is 0. The van der Waals surface area contributed by atoms with E-state index in [-0.39, 0.29) is 23.1 Å². The Labute approximate surface area is 172 Å². The van der Waals surface area contributed by atoms with Gasteiger partial charge in [-0.25, -0.2) is 0 Å². The van der Waals surface area contributed by atoms with Crippen LogP contribution in [-0.4, -0.2) is 36.3 Å². The first-order chi connectivity index (χ1) is 14.2. The zero-order chi connectivity index (χ0) is 20.1. The summed E-state index contributed by atoms with van der Waals surface area (Å²) in [6.45, 7) is 2.06. The lowest BCUT2D eigenvalue weighted by Gasteiger charge is -2.31. The van der Waals surface area contributed by atoms with E-state index in [0.717, 1.165) is 31.2 Å². The summed E-state index contributed by atoms with van der Waals surface area (Å²) in [6, 6.07) is 19.8. The van der Waals surface area contributed by atoms with E-state index in [4.69, 9.17) is 0 Å². The lowest BCUT2D eigenvalue weighted by Crippen LogP contribution is -2.40. The van der Waals surface area contributed by atoms with Crippen molar-refractivity contribution < 1.29 is 9.59 Å². The first-order valence-electron chi connectivity index (χ1n) is 10.3. The van der Waals surface area contributed by atoms with Crippen LogP contribution in [0.15, 0.2) is 60.7 Å². The number of benzene rings is 2. The van der Waals surface area contributed by atoms with Gasteiger partial charge in [-0.05, 0) is 48.8 Å². The normalized spacial score (nSPS) is 19.2. The summed E-state index contributed by atoms with van der Waals surface area (Å²) in [5, 5.41) is 3.10. The maximum Gasteiger partial charge on any atom is 0.298 e. The molecule has 1 aliphatic carbocycles. The van der Waals surface area contributed by atoms with Gasteiger partial charge in [0, 0.05) is 37.0 Å². The number of piperidine rings is 1. The second-order valence-electron chi connectivity index (χ2n) is 8.05. The Bertz CT molecular complexity index is 920. The number of hydrogen-bond donors (Lipinski definition) is 1. The number of hydrogen-bond acceptors (Lipinski definition) is 2. The quantitative estimate of drug-likeness (QED) is 0.821. The van der Waals surface area contributed by atoms with E-state index in [9.17, 15) is 9.59 Å². The Morgan fingerprint density at radius 2 is 1.66 bits per heavy atom. The molecule has 2 aromatic rings. The van der Waals surface area contributed by atoms with Crippen LogP contribution in [-0.2, 0) is 16.0 Å². The van der Waals surface area contributed by atoms with Gasteiger partial charge in [-0.1, -0.05) is 54.5 Å². The fourth-order valence-corrected chi connectivity index (χ4v) is 4.25.